The highest BCUT2D eigenvalue weighted by atomic mass is 35.5. The molecule has 3 rings (SSSR count). The molecule has 0 heterocycles. The molecule has 1 amide bonds. The number of aromatic hydroxyl groups is 2. The van der Waals surface area contributed by atoms with E-state index in [1.54, 1.807) is 36.4 Å². The molecule has 0 unspecified atom stereocenters. The van der Waals surface area contributed by atoms with Gasteiger partial charge in [-0.05, 0) is 36.4 Å². The maximum absolute atomic E-state index is 13.8. The average Bonchev–Trinajstić information content (AvgIpc) is 2.67. The lowest BCUT2D eigenvalue weighted by Crippen LogP contribution is -2.17. The molecule has 0 atom stereocenters. The van der Waals surface area contributed by atoms with Crippen molar-refractivity contribution in [1.29, 1.82) is 0 Å². The van der Waals surface area contributed by atoms with Crippen molar-refractivity contribution in [2.75, 3.05) is 0 Å². The largest absolute Gasteiger partial charge is 0.508 e. The Morgan fingerprint density at radius 1 is 1.10 bits per heavy atom. The molecule has 0 spiro atoms. The van der Waals surface area contributed by atoms with Gasteiger partial charge in [0.1, 0.15) is 29.7 Å². The Bertz CT molecular complexity index is 1050. The van der Waals surface area contributed by atoms with Crippen LogP contribution in [-0.2, 0) is 6.61 Å². The first-order chi connectivity index (χ1) is 13.9. The van der Waals surface area contributed by atoms with Gasteiger partial charge in [-0.15, -0.1) is 0 Å². The van der Waals surface area contributed by atoms with Crippen molar-refractivity contribution in [3.63, 3.8) is 0 Å². The van der Waals surface area contributed by atoms with Crippen molar-refractivity contribution in [3.05, 3.63) is 88.2 Å². The molecule has 0 aliphatic carbocycles. The summed E-state index contributed by atoms with van der Waals surface area (Å²) >= 11 is 6.01. The van der Waals surface area contributed by atoms with E-state index in [1.807, 2.05) is 0 Å². The van der Waals surface area contributed by atoms with Crippen LogP contribution >= 0.6 is 11.6 Å². The van der Waals surface area contributed by atoms with Gasteiger partial charge >= 0.3 is 0 Å². The summed E-state index contributed by atoms with van der Waals surface area (Å²) in [6, 6.07) is 14.5. The van der Waals surface area contributed by atoms with Gasteiger partial charge in [0, 0.05) is 27.8 Å². The molecule has 3 aromatic rings. The molecule has 148 valence electrons. The Hall–Kier alpha value is -3.58. The van der Waals surface area contributed by atoms with Crippen LogP contribution in [0.15, 0.2) is 65.8 Å². The maximum atomic E-state index is 13.8. The lowest BCUT2D eigenvalue weighted by Gasteiger charge is -2.10. The van der Waals surface area contributed by atoms with Crippen molar-refractivity contribution >= 4 is 23.7 Å². The number of nitrogens with zero attached hydrogens (tertiary/aromatic N) is 1. The summed E-state index contributed by atoms with van der Waals surface area (Å²) in [6.07, 6.45) is 1.32. The van der Waals surface area contributed by atoms with Crippen molar-refractivity contribution < 1.29 is 24.1 Å². The number of halogens is 2. The van der Waals surface area contributed by atoms with E-state index in [0.29, 0.717) is 21.9 Å². The predicted molar refractivity (Wildman–Crippen MR) is 107 cm³/mol. The SMILES string of the molecule is O=C(N/N=C/c1cc(Cl)ccc1OCc1ccccc1F)c1cc(O)cc(O)c1. The monoisotopic (exact) mass is 414 g/mol. The third kappa shape index (κ3) is 5.46. The van der Waals surface area contributed by atoms with Crippen LogP contribution in [0, 0.1) is 5.82 Å². The number of carbonyl (C=O) groups is 1. The lowest BCUT2D eigenvalue weighted by molar-refractivity contribution is 0.0954. The quantitative estimate of drug-likeness (QED) is 0.415. The number of phenolic OH excluding ortho intramolecular Hbond substituents is 2. The van der Waals surface area contributed by atoms with Crippen molar-refractivity contribution in [3.8, 4) is 17.2 Å². The van der Waals surface area contributed by atoms with E-state index >= 15 is 0 Å². The molecule has 0 aliphatic heterocycles. The van der Waals surface area contributed by atoms with Crippen LogP contribution in [-0.4, -0.2) is 22.3 Å². The average molecular weight is 415 g/mol. The molecule has 3 N–H and O–H groups in total. The highest BCUT2D eigenvalue weighted by Gasteiger charge is 2.09. The Morgan fingerprint density at radius 3 is 2.55 bits per heavy atom. The third-order valence-corrected chi connectivity index (χ3v) is 4.08. The molecular formula is C21H16ClFN2O4. The number of hydrogen-bond donors (Lipinski definition) is 3. The first kappa shape index (κ1) is 20.2. The van der Waals surface area contributed by atoms with E-state index in [4.69, 9.17) is 16.3 Å². The molecule has 8 heteroatoms. The van der Waals surface area contributed by atoms with Crippen LogP contribution in [0.4, 0.5) is 4.39 Å². The number of phenols is 2. The molecule has 0 aromatic heterocycles. The molecule has 0 radical (unpaired) electrons. The topological polar surface area (TPSA) is 91.2 Å². The van der Waals surface area contributed by atoms with Crippen LogP contribution in [0.3, 0.4) is 0 Å². The van der Waals surface area contributed by atoms with Crippen molar-refractivity contribution in [2.45, 2.75) is 6.61 Å². The molecule has 0 bridgehead atoms. The standard InChI is InChI=1S/C21H16ClFN2O4/c22-16-5-6-20(29-12-13-3-1-2-4-19(13)23)15(7-16)11-24-25-21(28)14-8-17(26)10-18(27)9-14/h1-11,26-27H,12H2,(H,25,28)/b24-11+. The number of nitrogens with one attached hydrogen (secondary N) is 1. The minimum Gasteiger partial charge on any atom is -0.508 e. The smallest absolute Gasteiger partial charge is 0.271 e. The summed E-state index contributed by atoms with van der Waals surface area (Å²) in [7, 11) is 0. The zero-order chi connectivity index (χ0) is 20.8. The minimum absolute atomic E-state index is 0.00404. The number of hydrogen-bond acceptors (Lipinski definition) is 5. The Kier molecular flexibility index (Phi) is 6.31. The van der Waals surface area contributed by atoms with Crippen LogP contribution in [0.5, 0.6) is 17.2 Å². The van der Waals surface area contributed by atoms with Gasteiger partial charge in [-0.3, -0.25) is 4.79 Å². The highest BCUT2D eigenvalue weighted by molar-refractivity contribution is 6.30. The Labute approximate surface area is 170 Å². The van der Waals surface area contributed by atoms with Gasteiger partial charge in [-0.2, -0.15) is 5.10 Å². The molecule has 3 aromatic carbocycles. The second-order valence-electron chi connectivity index (χ2n) is 6.00. The molecule has 29 heavy (non-hydrogen) atoms. The zero-order valence-corrected chi connectivity index (χ0v) is 15.7. The first-order valence-electron chi connectivity index (χ1n) is 8.44. The minimum atomic E-state index is -0.636. The molecule has 0 saturated heterocycles. The second kappa shape index (κ2) is 9.07. The number of carbonyl (C=O) groups excluding carboxylic acids is 1. The van der Waals surface area contributed by atoms with E-state index < -0.39 is 5.91 Å². The van der Waals surface area contributed by atoms with Gasteiger partial charge in [0.05, 0.1) is 6.21 Å². The van der Waals surface area contributed by atoms with Gasteiger partial charge in [0.25, 0.3) is 5.91 Å². The number of hydrazone groups is 1. The first-order valence-corrected chi connectivity index (χ1v) is 8.82. The lowest BCUT2D eigenvalue weighted by atomic mass is 10.2. The van der Waals surface area contributed by atoms with Crippen LogP contribution in [0.2, 0.25) is 5.02 Å². The van der Waals surface area contributed by atoms with Gasteiger partial charge in [-0.1, -0.05) is 29.8 Å². The van der Waals surface area contributed by atoms with E-state index in [9.17, 15) is 19.4 Å². The Balaban J connectivity index is 1.72. The third-order valence-electron chi connectivity index (χ3n) is 3.85. The van der Waals surface area contributed by atoms with Gasteiger partial charge in [-0.25, -0.2) is 9.82 Å². The van der Waals surface area contributed by atoms with Gasteiger partial charge in [0.15, 0.2) is 0 Å². The van der Waals surface area contributed by atoms with Crippen LogP contribution in [0.25, 0.3) is 0 Å². The number of rotatable bonds is 6. The van der Waals surface area contributed by atoms with Gasteiger partial charge in [0.2, 0.25) is 0 Å². The summed E-state index contributed by atoms with van der Waals surface area (Å²) in [5, 5.41) is 23.2. The van der Waals surface area contributed by atoms with E-state index in [-0.39, 0.29) is 29.5 Å². The number of ether oxygens (including phenoxy) is 1. The van der Waals surface area contributed by atoms with Crippen molar-refractivity contribution in [1.82, 2.24) is 5.43 Å². The fraction of sp³-hybridized carbons (Fsp3) is 0.0476. The molecule has 0 saturated carbocycles. The van der Waals surface area contributed by atoms with Gasteiger partial charge < -0.3 is 14.9 Å². The van der Waals surface area contributed by atoms with E-state index in [2.05, 4.69) is 10.5 Å². The fourth-order valence-electron chi connectivity index (χ4n) is 2.47. The normalized spacial score (nSPS) is 10.8. The molecule has 0 aliphatic rings. The van der Waals surface area contributed by atoms with E-state index in [1.165, 1.54) is 24.4 Å². The number of amides is 1. The van der Waals surface area contributed by atoms with E-state index in [0.717, 1.165) is 6.07 Å². The zero-order valence-electron chi connectivity index (χ0n) is 15.0. The van der Waals surface area contributed by atoms with Crippen LogP contribution in [0.1, 0.15) is 21.5 Å². The number of benzene rings is 3. The van der Waals surface area contributed by atoms with Crippen LogP contribution < -0.4 is 10.2 Å². The summed E-state index contributed by atoms with van der Waals surface area (Å²) < 4.78 is 19.4. The summed E-state index contributed by atoms with van der Waals surface area (Å²) in [5.41, 5.74) is 3.17. The predicted octanol–water partition coefficient (Wildman–Crippen LogP) is 4.23. The Morgan fingerprint density at radius 2 is 1.83 bits per heavy atom. The second-order valence-corrected chi connectivity index (χ2v) is 6.44. The summed E-state index contributed by atoms with van der Waals surface area (Å²) in [6.45, 7) is 0.00404. The van der Waals surface area contributed by atoms with Crippen molar-refractivity contribution in [2.24, 2.45) is 5.10 Å². The maximum Gasteiger partial charge on any atom is 0.271 e. The summed E-state index contributed by atoms with van der Waals surface area (Å²) in [5.74, 6) is -1.12. The summed E-state index contributed by atoms with van der Waals surface area (Å²) in [4.78, 5) is 12.1. The molecule has 0 fully saturated rings. The molecule has 6 nitrogen and oxygen atoms in total. The highest BCUT2D eigenvalue weighted by Crippen LogP contribution is 2.23. The molecular weight excluding hydrogens is 399 g/mol. The fourth-order valence-corrected chi connectivity index (χ4v) is 2.65.